The summed E-state index contributed by atoms with van der Waals surface area (Å²) < 4.78 is 0.664. The Labute approximate surface area is 127 Å². The first-order valence-corrected chi connectivity index (χ1v) is 7.32. The van der Waals surface area contributed by atoms with Gasteiger partial charge in [0.1, 0.15) is 4.60 Å². The van der Waals surface area contributed by atoms with Crippen molar-refractivity contribution in [1.82, 2.24) is 10.3 Å². The van der Waals surface area contributed by atoms with Crippen molar-refractivity contribution in [2.75, 3.05) is 0 Å². The predicted octanol–water partition coefficient (Wildman–Crippen LogP) is 3.51. The second-order valence-corrected chi connectivity index (χ2v) is 5.68. The minimum atomic E-state index is -0.0748. The number of halogens is 1. The molecule has 2 rings (SSSR count). The van der Waals surface area contributed by atoms with Crippen LogP contribution < -0.4 is 5.32 Å². The summed E-state index contributed by atoms with van der Waals surface area (Å²) in [5.41, 5.74) is 3.12. The molecule has 0 saturated carbocycles. The number of benzene rings is 1. The molecule has 1 unspecified atom stereocenters. The van der Waals surface area contributed by atoms with Crippen LogP contribution in [0, 0.1) is 6.92 Å². The molecule has 3 nitrogen and oxygen atoms in total. The monoisotopic (exact) mass is 332 g/mol. The molecule has 20 heavy (non-hydrogen) atoms. The second-order valence-electron chi connectivity index (χ2n) is 4.87. The zero-order valence-corrected chi connectivity index (χ0v) is 13.1. The van der Waals surface area contributed by atoms with Crippen molar-refractivity contribution in [3.63, 3.8) is 0 Å². The fourth-order valence-electron chi connectivity index (χ4n) is 2.07. The van der Waals surface area contributed by atoms with Gasteiger partial charge in [0.15, 0.2) is 0 Å². The van der Waals surface area contributed by atoms with E-state index in [4.69, 9.17) is 0 Å². The Morgan fingerprint density at radius 3 is 2.80 bits per heavy atom. The standard InChI is InChI=1S/C16H17BrN2O/c1-11-5-3-4-6-13(11)9-12(2)19-16(20)14-7-8-18-15(17)10-14/h3-8,10,12H,9H2,1-2H3,(H,19,20). The van der Waals surface area contributed by atoms with E-state index >= 15 is 0 Å². The number of nitrogens with one attached hydrogen (secondary N) is 1. The highest BCUT2D eigenvalue weighted by Gasteiger charge is 2.11. The van der Waals surface area contributed by atoms with Gasteiger partial charge in [-0.25, -0.2) is 4.98 Å². The molecular weight excluding hydrogens is 316 g/mol. The molecule has 1 aromatic carbocycles. The minimum absolute atomic E-state index is 0.0748. The lowest BCUT2D eigenvalue weighted by Gasteiger charge is -2.15. The summed E-state index contributed by atoms with van der Waals surface area (Å²) in [6.45, 7) is 4.10. The van der Waals surface area contributed by atoms with Crippen LogP contribution in [-0.2, 0) is 6.42 Å². The van der Waals surface area contributed by atoms with Gasteiger partial charge in [-0.3, -0.25) is 4.79 Å². The fourth-order valence-corrected chi connectivity index (χ4v) is 2.44. The molecule has 2 aromatic rings. The molecule has 104 valence electrons. The number of amides is 1. The molecule has 0 aliphatic carbocycles. The maximum atomic E-state index is 12.1. The zero-order chi connectivity index (χ0) is 14.5. The molecule has 1 aromatic heterocycles. The number of hydrogen-bond donors (Lipinski definition) is 1. The van der Waals surface area contributed by atoms with E-state index in [1.807, 2.05) is 19.1 Å². The molecule has 1 heterocycles. The Morgan fingerprint density at radius 1 is 1.35 bits per heavy atom. The number of carbonyl (C=O) groups excluding carboxylic acids is 1. The third kappa shape index (κ3) is 3.90. The highest BCUT2D eigenvalue weighted by molar-refractivity contribution is 9.10. The number of pyridine rings is 1. The molecule has 1 amide bonds. The number of carbonyl (C=O) groups is 1. The van der Waals surface area contributed by atoms with Crippen LogP contribution in [0.3, 0.4) is 0 Å². The summed E-state index contributed by atoms with van der Waals surface area (Å²) in [5.74, 6) is -0.0748. The van der Waals surface area contributed by atoms with Gasteiger partial charge in [-0.15, -0.1) is 0 Å². The summed E-state index contributed by atoms with van der Waals surface area (Å²) >= 11 is 3.27. The highest BCUT2D eigenvalue weighted by Crippen LogP contribution is 2.11. The summed E-state index contributed by atoms with van der Waals surface area (Å²) in [6.07, 6.45) is 2.44. The molecule has 0 bridgehead atoms. The summed E-state index contributed by atoms with van der Waals surface area (Å²) in [5, 5.41) is 3.01. The van der Waals surface area contributed by atoms with Crippen molar-refractivity contribution >= 4 is 21.8 Å². The molecule has 0 saturated heterocycles. The number of hydrogen-bond acceptors (Lipinski definition) is 2. The van der Waals surface area contributed by atoms with Gasteiger partial charge in [0, 0.05) is 17.8 Å². The largest absolute Gasteiger partial charge is 0.349 e. The maximum Gasteiger partial charge on any atom is 0.251 e. The van der Waals surface area contributed by atoms with Gasteiger partial charge < -0.3 is 5.32 Å². The summed E-state index contributed by atoms with van der Waals surface area (Å²) in [6, 6.07) is 11.7. The number of nitrogens with zero attached hydrogens (tertiary/aromatic N) is 1. The third-order valence-corrected chi connectivity index (χ3v) is 3.59. The Morgan fingerprint density at radius 2 is 2.10 bits per heavy atom. The lowest BCUT2D eigenvalue weighted by molar-refractivity contribution is 0.0940. The smallest absolute Gasteiger partial charge is 0.251 e. The van der Waals surface area contributed by atoms with Crippen molar-refractivity contribution in [2.45, 2.75) is 26.3 Å². The van der Waals surface area contributed by atoms with Gasteiger partial charge >= 0.3 is 0 Å². The SMILES string of the molecule is Cc1ccccc1CC(C)NC(=O)c1ccnc(Br)c1. The lowest BCUT2D eigenvalue weighted by atomic mass is 10.0. The average Bonchev–Trinajstić information content (AvgIpc) is 2.41. The first kappa shape index (κ1) is 14.7. The van der Waals surface area contributed by atoms with Crippen LogP contribution in [0.2, 0.25) is 0 Å². The van der Waals surface area contributed by atoms with E-state index in [2.05, 4.69) is 45.3 Å². The first-order valence-electron chi connectivity index (χ1n) is 6.53. The van der Waals surface area contributed by atoms with Crippen LogP contribution in [0.4, 0.5) is 0 Å². The minimum Gasteiger partial charge on any atom is -0.349 e. The molecule has 0 radical (unpaired) electrons. The average molecular weight is 333 g/mol. The van der Waals surface area contributed by atoms with Crippen LogP contribution in [-0.4, -0.2) is 16.9 Å². The predicted molar refractivity (Wildman–Crippen MR) is 83.7 cm³/mol. The fraction of sp³-hybridized carbons (Fsp3) is 0.250. The van der Waals surface area contributed by atoms with E-state index < -0.39 is 0 Å². The Kier molecular flexibility index (Phi) is 4.90. The van der Waals surface area contributed by atoms with Crippen LogP contribution in [0.5, 0.6) is 0 Å². The molecular formula is C16H17BrN2O. The van der Waals surface area contributed by atoms with E-state index in [0.29, 0.717) is 10.2 Å². The molecule has 0 aliphatic heterocycles. The van der Waals surface area contributed by atoms with E-state index in [1.54, 1.807) is 18.3 Å². The van der Waals surface area contributed by atoms with Crippen LogP contribution in [0.15, 0.2) is 47.2 Å². The van der Waals surface area contributed by atoms with Crippen molar-refractivity contribution in [3.8, 4) is 0 Å². The van der Waals surface area contributed by atoms with Gasteiger partial charge in [-0.2, -0.15) is 0 Å². The second kappa shape index (κ2) is 6.66. The quantitative estimate of drug-likeness (QED) is 0.870. The third-order valence-electron chi connectivity index (χ3n) is 3.15. The van der Waals surface area contributed by atoms with E-state index in [1.165, 1.54) is 11.1 Å². The number of rotatable bonds is 4. The molecule has 0 aliphatic rings. The van der Waals surface area contributed by atoms with E-state index in [9.17, 15) is 4.79 Å². The van der Waals surface area contributed by atoms with E-state index in [0.717, 1.165) is 6.42 Å². The first-order chi connectivity index (χ1) is 9.56. The molecule has 4 heteroatoms. The molecule has 0 spiro atoms. The number of aryl methyl sites for hydroxylation is 1. The zero-order valence-electron chi connectivity index (χ0n) is 11.6. The van der Waals surface area contributed by atoms with Gasteiger partial charge in [0.05, 0.1) is 0 Å². The van der Waals surface area contributed by atoms with Gasteiger partial charge in [0.25, 0.3) is 5.91 Å². The van der Waals surface area contributed by atoms with Crippen molar-refractivity contribution in [3.05, 3.63) is 63.9 Å². The number of aromatic nitrogens is 1. The Balaban J connectivity index is 2.00. The van der Waals surface area contributed by atoms with Crippen LogP contribution in [0.1, 0.15) is 28.4 Å². The topological polar surface area (TPSA) is 42.0 Å². The molecule has 1 N–H and O–H groups in total. The van der Waals surface area contributed by atoms with Crippen LogP contribution >= 0.6 is 15.9 Å². The molecule has 0 fully saturated rings. The normalized spacial score (nSPS) is 11.9. The summed E-state index contributed by atoms with van der Waals surface area (Å²) in [4.78, 5) is 16.1. The van der Waals surface area contributed by atoms with Gasteiger partial charge in [0.2, 0.25) is 0 Å². The Bertz CT molecular complexity index is 613. The van der Waals surface area contributed by atoms with Crippen molar-refractivity contribution < 1.29 is 4.79 Å². The lowest BCUT2D eigenvalue weighted by Crippen LogP contribution is -2.34. The summed E-state index contributed by atoms with van der Waals surface area (Å²) in [7, 11) is 0. The van der Waals surface area contributed by atoms with Gasteiger partial charge in [-0.05, 0) is 59.5 Å². The molecule has 1 atom stereocenters. The van der Waals surface area contributed by atoms with Crippen molar-refractivity contribution in [1.29, 1.82) is 0 Å². The van der Waals surface area contributed by atoms with Crippen molar-refractivity contribution in [2.24, 2.45) is 0 Å². The highest BCUT2D eigenvalue weighted by atomic mass is 79.9. The Hall–Kier alpha value is -1.68. The van der Waals surface area contributed by atoms with Gasteiger partial charge in [-0.1, -0.05) is 24.3 Å². The van der Waals surface area contributed by atoms with E-state index in [-0.39, 0.29) is 11.9 Å². The maximum absolute atomic E-state index is 12.1. The van der Waals surface area contributed by atoms with Crippen LogP contribution in [0.25, 0.3) is 0 Å².